The van der Waals surface area contributed by atoms with E-state index in [0.29, 0.717) is 4.90 Å². The zero-order valence-corrected chi connectivity index (χ0v) is 13.5. The Kier molecular flexibility index (Phi) is 5.91. The predicted octanol–water partition coefficient (Wildman–Crippen LogP) is 3.84. The van der Waals surface area contributed by atoms with Crippen LogP contribution in [0.2, 0.25) is 0 Å². The Morgan fingerprint density at radius 1 is 1.05 bits per heavy atom. The van der Waals surface area contributed by atoms with Crippen molar-refractivity contribution in [1.82, 2.24) is 0 Å². The largest absolute Gasteiger partial charge is 0.478 e. The van der Waals surface area contributed by atoms with E-state index in [2.05, 4.69) is 5.32 Å². The number of rotatable bonds is 6. The van der Waals surface area contributed by atoms with Gasteiger partial charge in [0.25, 0.3) is 0 Å². The average Bonchev–Trinajstić information content (AvgIpc) is 2.53. The van der Waals surface area contributed by atoms with Crippen molar-refractivity contribution in [2.24, 2.45) is 0 Å². The minimum absolute atomic E-state index is 0.160. The number of carbonyl (C=O) groups is 2. The number of para-hydroxylation sites is 1. The molecule has 0 saturated carbocycles. The van der Waals surface area contributed by atoms with Crippen molar-refractivity contribution in [1.29, 1.82) is 0 Å². The Morgan fingerprint density at radius 3 is 2.36 bits per heavy atom. The Balaban J connectivity index is 2.00. The third-order valence-corrected chi connectivity index (χ3v) is 4.73. The van der Waals surface area contributed by atoms with Crippen molar-refractivity contribution >= 4 is 41.1 Å². The van der Waals surface area contributed by atoms with Gasteiger partial charge in [0.05, 0.1) is 17.0 Å². The van der Waals surface area contributed by atoms with E-state index in [1.54, 1.807) is 30.0 Å². The highest BCUT2D eigenvalue weighted by Gasteiger charge is 2.12. The first-order chi connectivity index (χ1) is 10.6. The average molecular weight is 333 g/mol. The highest BCUT2D eigenvalue weighted by atomic mass is 32.2. The molecule has 22 heavy (non-hydrogen) atoms. The smallest absolute Gasteiger partial charge is 0.336 e. The van der Waals surface area contributed by atoms with Gasteiger partial charge in [0.2, 0.25) is 5.91 Å². The second-order valence-electron chi connectivity index (χ2n) is 4.34. The van der Waals surface area contributed by atoms with Crippen LogP contribution in [0.3, 0.4) is 0 Å². The summed E-state index contributed by atoms with van der Waals surface area (Å²) in [5, 5.41) is 12.0. The van der Waals surface area contributed by atoms with E-state index in [1.807, 2.05) is 30.5 Å². The van der Waals surface area contributed by atoms with Crippen molar-refractivity contribution in [2.75, 3.05) is 17.3 Å². The van der Waals surface area contributed by atoms with Gasteiger partial charge in [-0.2, -0.15) is 0 Å². The van der Waals surface area contributed by atoms with Gasteiger partial charge in [0, 0.05) is 9.79 Å². The quantitative estimate of drug-likeness (QED) is 0.786. The fourth-order valence-electron chi connectivity index (χ4n) is 1.85. The lowest BCUT2D eigenvalue weighted by Crippen LogP contribution is -2.14. The molecule has 114 valence electrons. The molecule has 0 bridgehead atoms. The standard InChI is InChI=1S/C16H15NO3S2/c1-21-14-9-5-3-7-12(14)17-15(18)10-22-13-8-4-2-6-11(13)16(19)20/h2-9H,10H2,1H3,(H,17,18)(H,19,20). The maximum Gasteiger partial charge on any atom is 0.336 e. The molecule has 0 unspecified atom stereocenters. The van der Waals surface area contributed by atoms with Crippen LogP contribution in [0.25, 0.3) is 0 Å². The molecule has 0 aliphatic carbocycles. The molecule has 0 spiro atoms. The highest BCUT2D eigenvalue weighted by molar-refractivity contribution is 8.00. The maximum absolute atomic E-state index is 12.0. The van der Waals surface area contributed by atoms with Crippen LogP contribution in [0, 0.1) is 0 Å². The van der Waals surface area contributed by atoms with Crippen molar-refractivity contribution in [2.45, 2.75) is 9.79 Å². The molecule has 2 rings (SSSR count). The molecule has 0 radical (unpaired) electrons. The summed E-state index contributed by atoms with van der Waals surface area (Å²) in [7, 11) is 0. The Hall–Kier alpha value is -1.92. The van der Waals surface area contributed by atoms with E-state index in [0.717, 1.165) is 10.6 Å². The van der Waals surface area contributed by atoms with Crippen molar-refractivity contribution in [3.8, 4) is 0 Å². The first-order valence-corrected chi connectivity index (χ1v) is 8.71. The molecule has 0 saturated heterocycles. The minimum Gasteiger partial charge on any atom is -0.478 e. The number of carboxylic acid groups (broad SMARTS) is 1. The van der Waals surface area contributed by atoms with Crippen LogP contribution in [0.5, 0.6) is 0 Å². The van der Waals surface area contributed by atoms with E-state index in [-0.39, 0.29) is 17.2 Å². The molecule has 2 N–H and O–H groups in total. The molecule has 0 heterocycles. The van der Waals surface area contributed by atoms with Crippen LogP contribution in [-0.2, 0) is 4.79 Å². The van der Waals surface area contributed by atoms with E-state index < -0.39 is 5.97 Å². The third-order valence-electron chi connectivity index (χ3n) is 2.86. The van der Waals surface area contributed by atoms with Crippen molar-refractivity contribution in [3.05, 3.63) is 54.1 Å². The summed E-state index contributed by atoms with van der Waals surface area (Å²) in [4.78, 5) is 24.7. The molecule has 0 atom stereocenters. The fraction of sp³-hybridized carbons (Fsp3) is 0.125. The summed E-state index contributed by atoms with van der Waals surface area (Å²) in [6, 6.07) is 14.2. The number of hydrogen-bond donors (Lipinski definition) is 2. The highest BCUT2D eigenvalue weighted by Crippen LogP contribution is 2.26. The maximum atomic E-state index is 12.0. The van der Waals surface area contributed by atoms with Crippen LogP contribution in [0.4, 0.5) is 5.69 Å². The molecule has 2 aromatic carbocycles. The van der Waals surface area contributed by atoms with E-state index in [1.165, 1.54) is 17.8 Å². The van der Waals surface area contributed by atoms with Gasteiger partial charge in [-0.15, -0.1) is 23.5 Å². The molecule has 6 heteroatoms. The zero-order valence-electron chi connectivity index (χ0n) is 11.9. The monoisotopic (exact) mass is 333 g/mol. The van der Waals surface area contributed by atoms with Gasteiger partial charge >= 0.3 is 5.97 Å². The van der Waals surface area contributed by atoms with Gasteiger partial charge in [-0.05, 0) is 30.5 Å². The number of benzene rings is 2. The molecule has 4 nitrogen and oxygen atoms in total. The van der Waals surface area contributed by atoms with Gasteiger partial charge in [0.1, 0.15) is 0 Å². The number of carbonyl (C=O) groups excluding carboxylic acids is 1. The van der Waals surface area contributed by atoms with Gasteiger partial charge in [-0.1, -0.05) is 24.3 Å². The number of carboxylic acids is 1. The summed E-state index contributed by atoms with van der Waals surface area (Å²) in [6.45, 7) is 0. The number of aromatic carboxylic acids is 1. The molecule has 0 aliphatic rings. The first kappa shape index (κ1) is 16.5. The molecular weight excluding hydrogens is 318 g/mol. The van der Waals surface area contributed by atoms with Crippen LogP contribution in [0.15, 0.2) is 58.3 Å². The number of thioether (sulfide) groups is 2. The summed E-state index contributed by atoms with van der Waals surface area (Å²) >= 11 is 2.78. The topological polar surface area (TPSA) is 66.4 Å². The number of amides is 1. The molecule has 2 aromatic rings. The first-order valence-electron chi connectivity index (χ1n) is 6.50. The molecular formula is C16H15NO3S2. The summed E-state index contributed by atoms with van der Waals surface area (Å²) in [5.74, 6) is -0.990. The van der Waals surface area contributed by atoms with E-state index >= 15 is 0 Å². The lowest BCUT2D eigenvalue weighted by atomic mass is 10.2. The summed E-state index contributed by atoms with van der Waals surface area (Å²) in [5.41, 5.74) is 0.983. The van der Waals surface area contributed by atoms with E-state index in [9.17, 15) is 9.59 Å². The lowest BCUT2D eigenvalue weighted by molar-refractivity contribution is -0.113. The second-order valence-corrected chi connectivity index (χ2v) is 6.20. The van der Waals surface area contributed by atoms with E-state index in [4.69, 9.17) is 5.11 Å². The summed E-state index contributed by atoms with van der Waals surface area (Å²) < 4.78 is 0. The summed E-state index contributed by atoms with van der Waals surface area (Å²) in [6.07, 6.45) is 1.95. The van der Waals surface area contributed by atoms with Gasteiger partial charge < -0.3 is 10.4 Å². The predicted molar refractivity (Wildman–Crippen MR) is 91.0 cm³/mol. The van der Waals surface area contributed by atoms with Gasteiger partial charge in [0.15, 0.2) is 0 Å². The minimum atomic E-state index is -0.990. The Labute approximate surface area is 137 Å². The zero-order chi connectivity index (χ0) is 15.9. The van der Waals surface area contributed by atoms with Gasteiger partial charge in [-0.25, -0.2) is 4.79 Å². The van der Waals surface area contributed by atoms with Crippen LogP contribution < -0.4 is 5.32 Å². The normalized spacial score (nSPS) is 10.2. The van der Waals surface area contributed by atoms with Crippen LogP contribution in [0.1, 0.15) is 10.4 Å². The van der Waals surface area contributed by atoms with Crippen LogP contribution in [-0.4, -0.2) is 29.0 Å². The number of hydrogen-bond acceptors (Lipinski definition) is 4. The fourth-order valence-corrected chi connectivity index (χ4v) is 3.24. The SMILES string of the molecule is CSc1ccccc1NC(=O)CSc1ccccc1C(=O)O. The van der Waals surface area contributed by atoms with Crippen LogP contribution >= 0.6 is 23.5 Å². The Bertz CT molecular complexity index is 689. The van der Waals surface area contributed by atoms with Crippen molar-refractivity contribution in [3.63, 3.8) is 0 Å². The van der Waals surface area contributed by atoms with Gasteiger partial charge in [-0.3, -0.25) is 4.79 Å². The third kappa shape index (κ3) is 4.29. The van der Waals surface area contributed by atoms with Crippen molar-refractivity contribution < 1.29 is 14.7 Å². The Morgan fingerprint density at radius 2 is 1.68 bits per heavy atom. The lowest BCUT2D eigenvalue weighted by Gasteiger charge is -2.09. The molecule has 0 aromatic heterocycles. The molecule has 0 fully saturated rings. The molecule has 1 amide bonds. The number of nitrogens with one attached hydrogen (secondary N) is 1. The second kappa shape index (κ2) is 7.91. The number of anilines is 1. The molecule has 0 aliphatic heterocycles.